The van der Waals surface area contributed by atoms with Gasteiger partial charge in [0.2, 0.25) is 6.79 Å². The van der Waals surface area contributed by atoms with E-state index in [-0.39, 0.29) is 12.9 Å². The minimum Gasteiger partial charge on any atom is -0.454 e. The largest absolute Gasteiger partial charge is 0.454 e. The zero-order chi connectivity index (χ0) is 15.6. The smallest absolute Gasteiger partial charge is 0.231 e. The standard InChI is InChI=1S/C18H18ClNO3/c19-15-8-13(9-16-18(15)23-12-22-16)10-20-6-7-21-17(11-20)14-4-2-1-3-5-14/h1-5,8-9,17H,6-7,10-12H2/t17-/m1/s1. The number of fused-ring (bicyclic) bond motifs is 1. The van der Waals surface area contributed by atoms with Gasteiger partial charge in [-0.2, -0.15) is 0 Å². The summed E-state index contributed by atoms with van der Waals surface area (Å²) in [5.41, 5.74) is 2.36. The molecule has 0 N–H and O–H groups in total. The van der Waals surface area contributed by atoms with Crippen molar-refractivity contribution in [3.63, 3.8) is 0 Å². The molecule has 0 radical (unpaired) electrons. The number of halogens is 1. The van der Waals surface area contributed by atoms with Crippen LogP contribution in [0.1, 0.15) is 17.2 Å². The summed E-state index contributed by atoms with van der Waals surface area (Å²) in [5, 5.41) is 0.614. The summed E-state index contributed by atoms with van der Waals surface area (Å²) >= 11 is 6.27. The fourth-order valence-corrected chi connectivity index (χ4v) is 3.37. The molecule has 0 saturated carbocycles. The first-order chi connectivity index (χ1) is 11.3. The molecule has 0 amide bonds. The van der Waals surface area contributed by atoms with Gasteiger partial charge < -0.3 is 14.2 Å². The maximum absolute atomic E-state index is 6.27. The zero-order valence-corrected chi connectivity index (χ0v) is 13.5. The molecule has 2 aromatic carbocycles. The molecular weight excluding hydrogens is 314 g/mol. The highest BCUT2D eigenvalue weighted by atomic mass is 35.5. The summed E-state index contributed by atoms with van der Waals surface area (Å²) in [7, 11) is 0. The normalized spacial score (nSPS) is 20.7. The fraction of sp³-hybridized carbons (Fsp3) is 0.333. The van der Waals surface area contributed by atoms with Crippen molar-refractivity contribution in [1.29, 1.82) is 0 Å². The predicted molar refractivity (Wildman–Crippen MR) is 88.0 cm³/mol. The highest BCUT2D eigenvalue weighted by molar-refractivity contribution is 6.32. The van der Waals surface area contributed by atoms with Gasteiger partial charge in [-0.15, -0.1) is 0 Å². The van der Waals surface area contributed by atoms with E-state index in [1.54, 1.807) is 0 Å². The van der Waals surface area contributed by atoms with Gasteiger partial charge in [-0.05, 0) is 23.3 Å². The second kappa shape index (κ2) is 6.40. The third-order valence-electron chi connectivity index (χ3n) is 4.22. The van der Waals surface area contributed by atoms with Crippen LogP contribution in [0.15, 0.2) is 42.5 Å². The maximum atomic E-state index is 6.27. The summed E-state index contributed by atoms with van der Waals surface area (Å²) in [6, 6.07) is 14.3. The Morgan fingerprint density at radius 3 is 2.87 bits per heavy atom. The van der Waals surface area contributed by atoms with Crippen LogP contribution in [0.4, 0.5) is 0 Å². The van der Waals surface area contributed by atoms with E-state index >= 15 is 0 Å². The summed E-state index contributed by atoms with van der Waals surface area (Å²) < 4.78 is 16.7. The van der Waals surface area contributed by atoms with E-state index in [9.17, 15) is 0 Å². The average molecular weight is 332 g/mol. The molecule has 2 aliphatic rings. The third-order valence-corrected chi connectivity index (χ3v) is 4.50. The Morgan fingerprint density at radius 2 is 2.00 bits per heavy atom. The predicted octanol–water partition coefficient (Wildman–Crippen LogP) is 3.64. The molecule has 4 rings (SSSR count). The van der Waals surface area contributed by atoms with Crippen molar-refractivity contribution in [2.45, 2.75) is 12.6 Å². The van der Waals surface area contributed by atoms with Crippen LogP contribution in [0.5, 0.6) is 11.5 Å². The molecule has 1 fully saturated rings. The molecule has 0 unspecified atom stereocenters. The van der Waals surface area contributed by atoms with Crippen molar-refractivity contribution < 1.29 is 14.2 Å². The second-order valence-electron chi connectivity index (χ2n) is 5.82. The summed E-state index contributed by atoms with van der Waals surface area (Å²) in [6.07, 6.45) is 0.120. The van der Waals surface area contributed by atoms with Gasteiger partial charge in [-0.1, -0.05) is 41.9 Å². The molecule has 1 atom stereocenters. The Labute approximate surface area is 140 Å². The minimum absolute atomic E-state index is 0.120. The first-order valence-electron chi connectivity index (χ1n) is 7.76. The Balaban J connectivity index is 1.48. The van der Waals surface area contributed by atoms with E-state index in [0.717, 1.165) is 37.6 Å². The maximum Gasteiger partial charge on any atom is 0.231 e. The monoisotopic (exact) mass is 331 g/mol. The van der Waals surface area contributed by atoms with Crippen molar-refractivity contribution in [1.82, 2.24) is 4.90 Å². The van der Waals surface area contributed by atoms with Gasteiger partial charge in [0.05, 0.1) is 17.7 Å². The molecule has 5 heteroatoms. The lowest BCUT2D eigenvalue weighted by Crippen LogP contribution is -2.37. The van der Waals surface area contributed by atoms with E-state index < -0.39 is 0 Å². The van der Waals surface area contributed by atoms with Crippen molar-refractivity contribution >= 4 is 11.6 Å². The van der Waals surface area contributed by atoms with E-state index in [4.69, 9.17) is 25.8 Å². The quantitative estimate of drug-likeness (QED) is 0.859. The minimum atomic E-state index is 0.120. The molecule has 1 saturated heterocycles. The molecule has 2 aliphatic heterocycles. The number of morpholine rings is 1. The summed E-state index contributed by atoms with van der Waals surface area (Å²) in [4.78, 5) is 2.38. The first kappa shape index (κ1) is 14.8. The lowest BCUT2D eigenvalue weighted by atomic mass is 10.1. The van der Waals surface area contributed by atoms with Crippen LogP contribution in [-0.4, -0.2) is 31.4 Å². The molecular formula is C18H18ClNO3. The van der Waals surface area contributed by atoms with Crippen LogP contribution >= 0.6 is 11.6 Å². The van der Waals surface area contributed by atoms with E-state index in [1.807, 2.05) is 18.2 Å². The lowest BCUT2D eigenvalue weighted by molar-refractivity contribution is -0.0329. The van der Waals surface area contributed by atoms with Gasteiger partial charge in [-0.25, -0.2) is 0 Å². The van der Waals surface area contributed by atoms with E-state index in [0.29, 0.717) is 10.8 Å². The molecule has 4 nitrogen and oxygen atoms in total. The van der Waals surface area contributed by atoms with Crippen molar-refractivity contribution in [3.8, 4) is 11.5 Å². The Hall–Kier alpha value is -1.75. The van der Waals surface area contributed by atoms with Gasteiger partial charge in [-0.3, -0.25) is 4.90 Å². The van der Waals surface area contributed by atoms with Crippen molar-refractivity contribution in [2.75, 3.05) is 26.5 Å². The second-order valence-corrected chi connectivity index (χ2v) is 6.22. The molecule has 0 aromatic heterocycles. The van der Waals surface area contributed by atoms with Crippen LogP contribution in [0.25, 0.3) is 0 Å². The molecule has 23 heavy (non-hydrogen) atoms. The molecule has 0 spiro atoms. The number of hydrogen-bond donors (Lipinski definition) is 0. The topological polar surface area (TPSA) is 30.9 Å². The van der Waals surface area contributed by atoms with Crippen LogP contribution in [0.2, 0.25) is 5.02 Å². The van der Waals surface area contributed by atoms with Gasteiger partial charge in [0.1, 0.15) is 0 Å². The third kappa shape index (κ3) is 3.15. The molecule has 2 aromatic rings. The molecule has 0 bridgehead atoms. The van der Waals surface area contributed by atoms with E-state index in [2.05, 4.69) is 29.2 Å². The van der Waals surface area contributed by atoms with Crippen LogP contribution < -0.4 is 9.47 Å². The summed E-state index contributed by atoms with van der Waals surface area (Å²) in [6.45, 7) is 3.58. The number of benzene rings is 2. The van der Waals surface area contributed by atoms with Crippen molar-refractivity contribution in [2.24, 2.45) is 0 Å². The van der Waals surface area contributed by atoms with Crippen LogP contribution in [0.3, 0.4) is 0 Å². The number of ether oxygens (including phenoxy) is 3. The number of hydrogen-bond acceptors (Lipinski definition) is 4. The zero-order valence-electron chi connectivity index (χ0n) is 12.7. The number of rotatable bonds is 3. The summed E-state index contributed by atoms with van der Waals surface area (Å²) in [5.74, 6) is 1.39. The molecule has 2 heterocycles. The van der Waals surface area contributed by atoms with Gasteiger partial charge in [0, 0.05) is 19.6 Å². The van der Waals surface area contributed by atoms with Crippen LogP contribution in [-0.2, 0) is 11.3 Å². The highest BCUT2D eigenvalue weighted by Gasteiger charge is 2.23. The Kier molecular flexibility index (Phi) is 4.12. The van der Waals surface area contributed by atoms with Gasteiger partial charge >= 0.3 is 0 Å². The van der Waals surface area contributed by atoms with Gasteiger partial charge in [0.15, 0.2) is 11.5 Å². The lowest BCUT2D eigenvalue weighted by Gasteiger charge is -2.33. The van der Waals surface area contributed by atoms with Gasteiger partial charge in [0.25, 0.3) is 0 Å². The number of nitrogens with zero attached hydrogens (tertiary/aromatic N) is 1. The van der Waals surface area contributed by atoms with Crippen molar-refractivity contribution in [3.05, 3.63) is 58.6 Å². The SMILES string of the molecule is Clc1cc(CN2CCO[C@@H](c3ccccc3)C2)cc2c1OCO2. The Morgan fingerprint density at radius 1 is 1.13 bits per heavy atom. The molecule has 120 valence electrons. The average Bonchev–Trinajstić information content (AvgIpc) is 3.05. The first-order valence-corrected chi connectivity index (χ1v) is 8.14. The van der Waals surface area contributed by atoms with E-state index in [1.165, 1.54) is 5.56 Å². The Bertz CT molecular complexity index is 692. The highest BCUT2D eigenvalue weighted by Crippen LogP contribution is 2.40. The van der Waals surface area contributed by atoms with Crippen LogP contribution in [0, 0.1) is 0 Å². The molecule has 0 aliphatic carbocycles. The fourth-order valence-electron chi connectivity index (χ4n) is 3.09.